The fraction of sp³-hybridized carbons (Fsp3) is 0.250. The zero-order valence-corrected chi connectivity index (χ0v) is 13.2. The largest absolute Gasteiger partial charge is 0.323 e. The Morgan fingerprint density at radius 3 is 2.76 bits per heavy atom. The molecule has 0 aliphatic heterocycles. The number of rotatable bonds is 4. The van der Waals surface area contributed by atoms with E-state index in [9.17, 15) is 0 Å². The van der Waals surface area contributed by atoms with Crippen LogP contribution >= 0.6 is 23.2 Å². The van der Waals surface area contributed by atoms with Crippen molar-refractivity contribution in [2.75, 3.05) is 5.88 Å². The molecular formula is C16H15Cl2N3. The van der Waals surface area contributed by atoms with E-state index < -0.39 is 0 Å². The first-order valence-corrected chi connectivity index (χ1v) is 7.71. The van der Waals surface area contributed by atoms with E-state index in [1.165, 1.54) is 0 Å². The van der Waals surface area contributed by atoms with Crippen molar-refractivity contribution in [1.82, 2.24) is 14.5 Å². The fourth-order valence-corrected chi connectivity index (χ4v) is 2.71. The number of hydrogen-bond donors (Lipinski definition) is 0. The zero-order valence-electron chi connectivity index (χ0n) is 11.7. The van der Waals surface area contributed by atoms with Gasteiger partial charge in [0.1, 0.15) is 5.82 Å². The summed E-state index contributed by atoms with van der Waals surface area (Å²) >= 11 is 11.9. The Hall–Kier alpha value is -1.58. The average molecular weight is 320 g/mol. The van der Waals surface area contributed by atoms with Crippen LogP contribution in [0.2, 0.25) is 5.02 Å². The van der Waals surface area contributed by atoms with Crippen LogP contribution in [-0.4, -0.2) is 20.4 Å². The lowest BCUT2D eigenvalue weighted by atomic mass is 10.2. The van der Waals surface area contributed by atoms with Gasteiger partial charge in [-0.2, -0.15) is 0 Å². The van der Waals surface area contributed by atoms with Gasteiger partial charge in [-0.05, 0) is 36.8 Å². The number of imidazole rings is 1. The molecule has 5 heteroatoms. The highest BCUT2D eigenvalue weighted by molar-refractivity contribution is 6.31. The van der Waals surface area contributed by atoms with Crippen LogP contribution in [0, 0.1) is 6.92 Å². The van der Waals surface area contributed by atoms with E-state index in [1.54, 1.807) is 0 Å². The Bertz CT molecular complexity index is 763. The predicted molar refractivity (Wildman–Crippen MR) is 87.2 cm³/mol. The summed E-state index contributed by atoms with van der Waals surface area (Å²) in [4.78, 5) is 9.00. The number of benzene rings is 1. The van der Waals surface area contributed by atoms with Crippen molar-refractivity contribution in [1.29, 1.82) is 0 Å². The molecule has 0 fully saturated rings. The summed E-state index contributed by atoms with van der Waals surface area (Å²) < 4.78 is 2.18. The van der Waals surface area contributed by atoms with E-state index in [-0.39, 0.29) is 0 Å². The summed E-state index contributed by atoms with van der Waals surface area (Å²) in [6.07, 6.45) is 2.63. The van der Waals surface area contributed by atoms with E-state index in [0.29, 0.717) is 10.9 Å². The number of pyridine rings is 1. The third kappa shape index (κ3) is 3.04. The first-order chi connectivity index (χ1) is 10.2. The lowest BCUT2D eigenvalue weighted by Gasteiger charge is -2.08. The van der Waals surface area contributed by atoms with Crippen LogP contribution in [-0.2, 0) is 13.0 Å². The molecule has 3 rings (SSSR count). The normalized spacial score (nSPS) is 11.2. The van der Waals surface area contributed by atoms with Gasteiger partial charge in [0.05, 0.1) is 17.6 Å². The molecule has 0 saturated carbocycles. The Morgan fingerprint density at radius 2 is 2.05 bits per heavy atom. The van der Waals surface area contributed by atoms with E-state index >= 15 is 0 Å². The highest BCUT2D eigenvalue weighted by atomic mass is 35.5. The van der Waals surface area contributed by atoms with Crippen molar-refractivity contribution in [3.8, 4) is 0 Å². The quantitative estimate of drug-likeness (QED) is 0.674. The van der Waals surface area contributed by atoms with Gasteiger partial charge >= 0.3 is 0 Å². The third-order valence-electron chi connectivity index (χ3n) is 3.42. The molecule has 3 nitrogen and oxygen atoms in total. The number of hydrogen-bond acceptors (Lipinski definition) is 2. The van der Waals surface area contributed by atoms with Crippen molar-refractivity contribution >= 4 is 34.2 Å². The monoisotopic (exact) mass is 319 g/mol. The highest BCUT2D eigenvalue weighted by Gasteiger charge is 2.11. The number of aromatic nitrogens is 3. The molecule has 108 valence electrons. The number of halogens is 2. The van der Waals surface area contributed by atoms with Crippen LogP contribution in [0.4, 0.5) is 0 Å². The van der Waals surface area contributed by atoms with Crippen molar-refractivity contribution in [2.45, 2.75) is 19.9 Å². The molecule has 0 amide bonds. The number of alkyl halides is 1. The molecule has 0 N–H and O–H groups in total. The van der Waals surface area contributed by atoms with E-state index in [0.717, 1.165) is 41.1 Å². The average Bonchev–Trinajstić information content (AvgIpc) is 2.79. The summed E-state index contributed by atoms with van der Waals surface area (Å²) in [7, 11) is 0. The molecule has 21 heavy (non-hydrogen) atoms. The first kappa shape index (κ1) is 14.4. The van der Waals surface area contributed by atoms with E-state index in [2.05, 4.69) is 20.6 Å². The van der Waals surface area contributed by atoms with Gasteiger partial charge < -0.3 is 4.57 Å². The van der Waals surface area contributed by atoms with Crippen LogP contribution in [0.1, 0.15) is 17.1 Å². The SMILES string of the molecule is Cc1ccc(Cn2c(CCCl)nc3cc(Cl)ccc32)cn1. The molecular weight excluding hydrogens is 305 g/mol. The van der Waals surface area contributed by atoms with Crippen molar-refractivity contribution in [2.24, 2.45) is 0 Å². The zero-order chi connectivity index (χ0) is 14.8. The second-order valence-electron chi connectivity index (χ2n) is 4.99. The van der Waals surface area contributed by atoms with Crippen LogP contribution in [0.3, 0.4) is 0 Å². The van der Waals surface area contributed by atoms with Crippen LogP contribution < -0.4 is 0 Å². The Balaban J connectivity index is 2.06. The standard InChI is InChI=1S/C16H15Cl2N3/c1-11-2-3-12(9-19-11)10-21-15-5-4-13(18)8-14(15)20-16(21)6-7-17/h2-5,8-9H,6-7,10H2,1H3. The second kappa shape index (κ2) is 6.04. The van der Waals surface area contributed by atoms with Gasteiger partial charge in [-0.1, -0.05) is 17.7 Å². The van der Waals surface area contributed by atoms with Crippen molar-refractivity contribution in [3.63, 3.8) is 0 Å². The molecule has 1 aromatic carbocycles. The predicted octanol–water partition coefficient (Wildman–Crippen LogP) is 4.22. The third-order valence-corrected chi connectivity index (χ3v) is 3.84. The molecule has 0 spiro atoms. The minimum absolute atomic E-state index is 0.545. The topological polar surface area (TPSA) is 30.7 Å². The summed E-state index contributed by atoms with van der Waals surface area (Å²) in [5.74, 6) is 1.52. The molecule has 2 aromatic heterocycles. The molecule has 0 radical (unpaired) electrons. The van der Waals surface area contributed by atoms with Gasteiger partial charge in [0.15, 0.2) is 0 Å². The van der Waals surface area contributed by atoms with E-state index in [1.807, 2.05) is 37.4 Å². The lowest BCUT2D eigenvalue weighted by molar-refractivity contribution is 0.751. The van der Waals surface area contributed by atoms with E-state index in [4.69, 9.17) is 23.2 Å². The summed E-state index contributed by atoms with van der Waals surface area (Å²) in [5.41, 5.74) is 4.13. The molecule has 0 bridgehead atoms. The molecule has 0 unspecified atom stereocenters. The van der Waals surface area contributed by atoms with Gasteiger partial charge in [0.25, 0.3) is 0 Å². The minimum atomic E-state index is 0.545. The van der Waals surface area contributed by atoms with Crippen molar-refractivity contribution < 1.29 is 0 Å². The Morgan fingerprint density at radius 1 is 1.19 bits per heavy atom. The molecule has 0 aliphatic carbocycles. The van der Waals surface area contributed by atoms with Crippen LogP contribution in [0.15, 0.2) is 36.5 Å². The Labute approximate surface area is 133 Å². The molecule has 2 heterocycles. The van der Waals surface area contributed by atoms with Gasteiger partial charge in [-0.3, -0.25) is 4.98 Å². The fourth-order valence-electron chi connectivity index (χ4n) is 2.38. The minimum Gasteiger partial charge on any atom is -0.323 e. The van der Waals surface area contributed by atoms with Gasteiger partial charge in [0.2, 0.25) is 0 Å². The smallest absolute Gasteiger partial charge is 0.111 e. The lowest BCUT2D eigenvalue weighted by Crippen LogP contribution is -2.06. The summed E-state index contributed by atoms with van der Waals surface area (Å²) in [5, 5.41) is 0.696. The number of aryl methyl sites for hydroxylation is 2. The van der Waals surface area contributed by atoms with Gasteiger partial charge in [0, 0.05) is 29.2 Å². The summed E-state index contributed by atoms with van der Waals surface area (Å²) in [6, 6.07) is 9.89. The van der Waals surface area contributed by atoms with Crippen molar-refractivity contribution in [3.05, 3.63) is 58.6 Å². The Kier molecular flexibility index (Phi) is 4.13. The second-order valence-corrected chi connectivity index (χ2v) is 5.81. The highest BCUT2D eigenvalue weighted by Crippen LogP contribution is 2.22. The molecule has 3 aromatic rings. The molecule has 0 saturated heterocycles. The van der Waals surface area contributed by atoms with Gasteiger partial charge in [-0.15, -0.1) is 11.6 Å². The van der Waals surface area contributed by atoms with Gasteiger partial charge in [-0.25, -0.2) is 4.98 Å². The maximum Gasteiger partial charge on any atom is 0.111 e. The maximum absolute atomic E-state index is 6.05. The first-order valence-electron chi connectivity index (χ1n) is 6.79. The molecule has 0 atom stereocenters. The van der Waals surface area contributed by atoms with Crippen LogP contribution in [0.5, 0.6) is 0 Å². The number of fused-ring (bicyclic) bond motifs is 1. The molecule has 0 aliphatic rings. The number of nitrogens with zero attached hydrogens (tertiary/aromatic N) is 3. The van der Waals surface area contributed by atoms with Crippen LogP contribution in [0.25, 0.3) is 11.0 Å². The summed E-state index contributed by atoms with van der Waals surface area (Å²) in [6.45, 7) is 2.72. The maximum atomic E-state index is 6.05.